The van der Waals surface area contributed by atoms with Crippen LogP contribution in [0.15, 0.2) is 15.9 Å². The Morgan fingerprint density at radius 3 is 2.79 bits per heavy atom. The smallest absolute Gasteiger partial charge is 0.234 e. The van der Waals surface area contributed by atoms with E-state index >= 15 is 0 Å². The zero-order valence-electron chi connectivity index (χ0n) is 11.2. The summed E-state index contributed by atoms with van der Waals surface area (Å²) in [4.78, 5) is 15.1. The van der Waals surface area contributed by atoms with E-state index in [9.17, 15) is 4.79 Å². The number of thiophene rings is 1. The normalized spacial score (nSPS) is 18.4. The van der Waals surface area contributed by atoms with Crippen LogP contribution >= 0.6 is 27.3 Å². The number of nitrogens with zero attached hydrogens (tertiary/aromatic N) is 1. The first-order valence-corrected chi connectivity index (χ1v) is 8.08. The molecule has 19 heavy (non-hydrogen) atoms. The Morgan fingerprint density at radius 2 is 2.32 bits per heavy atom. The number of nitrogens with one attached hydrogen (secondary N) is 1. The summed E-state index contributed by atoms with van der Waals surface area (Å²) in [6, 6.07) is 4.54. The van der Waals surface area contributed by atoms with E-state index < -0.39 is 0 Å². The van der Waals surface area contributed by atoms with Crippen molar-refractivity contribution < 1.29 is 4.79 Å². The molecule has 1 aliphatic rings. The molecule has 0 aliphatic heterocycles. The fourth-order valence-corrected chi connectivity index (χ4v) is 3.90. The maximum Gasteiger partial charge on any atom is 0.234 e. The van der Waals surface area contributed by atoms with Gasteiger partial charge in [0.05, 0.1) is 16.4 Å². The molecule has 1 aliphatic carbocycles. The lowest BCUT2D eigenvalue weighted by Crippen LogP contribution is -2.42. The Bertz CT molecular complexity index is 445. The van der Waals surface area contributed by atoms with Crippen LogP contribution in [0.5, 0.6) is 0 Å². The van der Waals surface area contributed by atoms with Crippen LogP contribution in [0.1, 0.15) is 30.7 Å². The number of halogens is 1. The Labute approximate surface area is 126 Å². The van der Waals surface area contributed by atoms with Gasteiger partial charge in [-0.25, -0.2) is 0 Å². The van der Waals surface area contributed by atoms with E-state index in [1.807, 2.05) is 24.9 Å². The van der Waals surface area contributed by atoms with Gasteiger partial charge in [-0.1, -0.05) is 0 Å². The maximum absolute atomic E-state index is 11.9. The number of nitrogens with two attached hydrogens (primary N) is 1. The molecule has 2 atom stereocenters. The van der Waals surface area contributed by atoms with Crippen molar-refractivity contribution in [1.82, 2.24) is 10.2 Å². The highest BCUT2D eigenvalue weighted by atomic mass is 79.9. The Morgan fingerprint density at radius 1 is 1.63 bits per heavy atom. The summed E-state index contributed by atoms with van der Waals surface area (Å²) < 4.78 is 1.09. The Hall–Kier alpha value is -0.430. The third-order valence-corrected chi connectivity index (χ3v) is 4.89. The molecule has 6 heteroatoms. The summed E-state index contributed by atoms with van der Waals surface area (Å²) >= 11 is 5.14. The number of rotatable bonds is 6. The second-order valence-corrected chi connectivity index (χ2v) is 7.70. The molecule has 1 fully saturated rings. The molecular formula is C13H20BrN3OS. The fraction of sp³-hybridized carbons (Fsp3) is 0.615. The molecule has 0 radical (unpaired) electrons. The van der Waals surface area contributed by atoms with Crippen LogP contribution in [-0.4, -0.2) is 36.5 Å². The lowest BCUT2D eigenvalue weighted by Gasteiger charge is -2.29. The summed E-state index contributed by atoms with van der Waals surface area (Å²) in [7, 11) is 1.95. The van der Waals surface area contributed by atoms with Crippen molar-refractivity contribution in [2.24, 2.45) is 5.73 Å². The van der Waals surface area contributed by atoms with Gasteiger partial charge in [-0.2, -0.15) is 0 Å². The van der Waals surface area contributed by atoms with Crippen LogP contribution in [-0.2, 0) is 4.79 Å². The van der Waals surface area contributed by atoms with E-state index in [0.717, 1.165) is 16.6 Å². The largest absolute Gasteiger partial charge is 0.352 e. The summed E-state index contributed by atoms with van der Waals surface area (Å²) in [5.41, 5.74) is 6.09. The minimum absolute atomic E-state index is 0.0238. The molecule has 0 spiro atoms. The molecule has 2 unspecified atom stereocenters. The van der Waals surface area contributed by atoms with Gasteiger partial charge in [0.15, 0.2) is 0 Å². The van der Waals surface area contributed by atoms with Gasteiger partial charge in [0.1, 0.15) is 0 Å². The van der Waals surface area contributed by atoms with Crippen LogP contribution in [0.25, 0.3) is 0 Å². The molecule has 1 aromatic heterocycles. The van der Waals surface area contributed by atoms with Gasteiger partial charge in [-0.05, 0) is 54.9 Å². The van der Waals surface area contributed by atoms with Crippen molar-refractivity contribution in [2.45, 2.75) is 37.9 Å². The number of likely N-dealkylation sites (N-methyl/N-ethyl adjacent to an activating group) is 1. The zero-order valence-corrected chi connectivity index (χ0v) is 13.6. The van der Waals surface area contributed by atoms with Gasteiger partial charge in [-0.3, -0.25) is 9.69 Å². The van der Waals surface area contributed by atoms with E-state index in [0.29, 0.717) is 12.6 Å². The number of carbonyl (C=O) groups is 1. The molecule has 0 bridgehead atoms. The average Bonchev–Trinajstić information content (AvgIpc) is 3.00. The minimum Gasteiger partial charge on any atom is -0.352 e. The maximum atomic E-state index is 11.9. The first kappa shape index (κ1) is 15.0. The van der Waals surface area contributed by atoms with Crippen molar-refractivity contribution in [3.63, 3.8) is 0 Å². The van der Waals surface area contributed by atoms with Gasteiger partial charge in [0, 0.05) is 17.0 Å². The SMILES string of the molecule is CC(N)C(c1ccc(Br)s1)N(C)CC(=O)NC1CC1. The van der Waals surface area contributed by atoms with Crippen molar-refractivity contribution in [3.8, 4) is 0 Å². The molecule has 0 saturated heterocycles. The van der Waals surface area contributed by atoms with Crippen molar-refractivity contribution in [2.75, 3.05) is 13.6 Å². The van der Waals surface area contributed by atoms with Crippen molar-refractivity contribution in [1.29, 1.82) is 0 Å². The number of hydrogen-bond acceptors (Lipinski definition) is 4. The Balaban J connectivity index is 1.99. The van der Waals surface area contributed by atoms with Gasteiger partial charge >= 0.3 is 0 Å². The van der Waals surface area contributed by atoms with Gasteiger partial charge in [0.25, 0.3) is 0 Å². The lowest BCUT2D eigenvalue weighted by atomic mass is 10.1. The number of carbonyl (C=O) groups excluding carboxylic acids is 1. The average molecular weight is 346 g/mol. The second kappa shape index (κ2) is 6.35. The molecule has 4 nitrogen and oxygen atoms in total. The first-order valence-electron chi connectivity index (χ1n) is 6.48. The standard InChI is InChI=1S/C13H20BrN3OS/c1-8(15)13(10-5-6-11(14)19-10)17(2)7-12(18)16-9-3-4-9/h5-6,8-9,13H,3-4,7,15H2,1-2H3,(H,16,18). The monoisotopic (exact) mass is 345 g/mol. The predicted octanol–water partition coefficient (Wildman–Crippen LogP) is 2.11. The van der Waals surface area contributed by atoms with Gasteiger partial charge in [-0.15, -0.1) is 11.3 Å². The van der Waals surface area contributed by atoms with E-state index in [2.05, 4.69) is 27.3 Å². The predicted molar refractivity (Wildman–Crippen MR) is 82.2 cm³/mol. The highest BCUT2D eigenvalue weighted by Gasteiger charge is 2.27. The molecule has 1 aromatic rings. The third kappa shape index (κ3) is 4.27. The van der Waals surface area contributed by atoms with Crippen molar-refractivity contribution in [3.05, 3.63) is 20.8 Å². The van der Waals surface area contributed by atoms with Gasteiger partial charge < -0.3 is 11.1 Å². The van der Waals surface area contributed by atoms with Crippen LogP contribution in [0.2, 0.25) is 0 Å². The molecule has 0 aromatic carbocycles. The summed E-state index contributed by atoms with van der Waals surface area (Å²) in [5.74, 6) is 0.0891. The van der Waals surface area contributed by atoms with E-state index in [1.165, 1.54) is 4.88 Å². The lowest BCUT2D eigenvalue weighted by molar-refractivity contribution is -0.122. The third-order valence-electron chi connectivity index (χ3n) is 3.19. The fourth-order valence-electron chi connectivity index (χ4n) is 2.19. The van der Waals surface area contributed by atoms with Crippen LogP contribution < -0.4 is 11.1 Å². The topological polar surface area (TPSA) is 58.4 Å². The van der Waals surface area contributed by atoms with Crippen molar-refractivity contribution >= 4 is 33.2 Å². The van der Waals surface area contributed by atoms with Crippen LogP contribution in [0.3, 0.4) is 0 Å². The Kier molecular flexibility index (Phi) is 5.00. The molecule has 1 heterocycles. The van der Waals surface area contributed by atoms with E-state index in [-0.39, 0.29) is 18.0 Å². The molecule has 1 amide bonds. The quantitative estimate of drug-likeness (QED) is 0.830. The highest BCUT2D eigenvalue weighted by Crippen LogP contribution is 2.31. The van der Waals surface area contributed by atoms with Crippen LogP contribution in [0.4, 0.5) is 0 Å². The number of hydrogen-bond donors (Lipinski definition) is 2. The summed E-state index contributed by atoms with van der Waals surface area (Å²) in [6.07, 6.45) is 2.23. The summed E-state index contributed by atoms with van der Waals surface area (Å²) in [5, 5.41) is 3.01. The minimum atomic E-state index is -0.0238. The van der Waals surface area contributed by atoms with Crippen LogP contribution in [0, 0.1) is 0 Å². The zero-order chi connectivity index (χ0) is 14.0. The first-order chi connectivity index (χ1) is 8.97. The molecule has 1 saturated carbocycles. The summed E-state index contributed by atoms with van der Waals surface area (Å²) in [6.45, 7) is 2.37. The molecular weight excluding hydrogens is 326 g/mol. The molecule has 2 rings (SSSR count). The van der Waals surface area contributed by atoms with Gasteiger partial charge in [0.2, 0.25) is 5.91 Å². The molecule has 3 N–H and O–H groups in total. The highest BCUT2D eigenvalue weighted by molar-refractivity contribution is 9.11. The second-order valence-electron chi connectivity index (χ2n) is 5.20. The number of amides is 1. The van der Waals surface area contributed by atoms with E-state index in [4.69, 9.17) is 5.73 Å². The molecule has 106 valence electrons. The van der Waals surface area contributed by atoms with E-state index in [1.54, 1.807) is 11.3 Å².